The molecule has 0 heterocycles. The molecule has 0 aromatic heterocycles. The highest BCUT2D eigenvalue weighted by Gasteiger charge is 2.29. The van der Waals surface area contributed by atoms with Gasteiger partial charge < -0.3 is 18.9 Å². The van der Waals surface area contributed by atoms with Gasteiger partial charge in [-0.1, -0.05) is 57.9 Å². The van der Waals surface area contributed by atoms with Crippen LogP contribution in [0.2, 0.25) is 0 Å². The van der Waals surface area contributed by atoms with Crippen LogP contribution < -0.4 is 18.9 Å². The quantitative estimate of drug-likeness (QED) is 0.271. The minimum Gasteiger partial charge on any atom is -0.483 e. The molecule has 6 heteroatoms. The van der Waals surface area contributed by atoms with E-state index >= 15 is 0 Å². The summed E-state index contributed by atoms with van der Waals surface area (Å²) in [6.07, 6.45) is 4.12. The standard InChI is InChI=1S/C26H36O6/c1-7-12-17(4)29-25-23(31-19(6)27)20-15-10-11-16-21(20)24(32-22(28)14-9-3)26(25)30-18(5)13-8-2/h10-11,15-18H,7-9,12-14H2,1-6H3. The minimum atomic E-state index is -0.466. The van der Waals surface area contributed by atoms with E-state index in [1.165, 1.54) is 6.92 Å². The molecule has 0 aliphatic rings. The SMILES string of the molecule is CCCC(=O)Oc1c(OC(C)CCC)c(OC(C)CCC)c(OC(C)=O)c2ccccc12. The predicted molar refractivity (Wildman–Crippen MR) is 126 cm³/mol. The van der Waals surface area contributed by atoms with E-state index in [1.807, 2.05) is 45.0 Å². The van der Waals surface area contributed by atoms with Gasteiger partial charge in [0.05, 0.1) is 12.2 Å². The van der Waals surface area contributed by atoms with Crippen molar-refractivity contribution in [2.75, 3.05) is 0 Å². The second kappa shape index (κ2) is 12.3. The Morgan fingerprint density at radius 3 is 1.62 bits per heavy atom. The van der Waals surface area contributed by atoms with Crippen LogP contribution in [0.25, 0.3) is 10.8 Å². The molecule has 0 aliphatic carbocycles. The highest BCUT2D eigenvalue weighted by Crippen LogP contribution is 2.52. The van der Waals surface area contributed by atoms with E-state index in [4.69, 9.17) is 18.9 Å². The van der Waals surface area contributed by atoms with E-state index < -0.39 is 5.97 Å². The fourth-order valence-electron chi connectivity index (χ4n) is 3.59. The summed E-state index contributed by atoms with van der Waals surface area (Å²) in [6, 6.07) is 7.33. The molecule has 2 aromatic rings. The topological polar surface area (TPSA) is 71.1 Å². The molecule has 0 saturated heterocycles. The van der Waals surface area contributed by atoms with Crippen LogP contribution >= 0.6 is 0 Å². The third-order valence-electron chi connectivity index (χ3n) is 4.98. The average molecular weight is 445 g/mol. The van der Waals surface area contributed by atoms with Crippen LogP contribution in [0.1, 0.15) is 80.1 Å². The van der Waals surface area contributed by atoms with Crippen molar-refractivity contribution >= 4 is 22.7 Å². The number of carbonyl (C=O) groups excluding carboxylic acids is 2. The second-order valence-corrected chi connectivity index (χ2v) is 8.11. The summed E-state index contributed by atoms with van der Waals surface area (Å²) in [5.74, 6) is 0.363. The summed E-state index contributed by atoms with van der Waals surface area (Å²) in [5, 5.41) is 1.25. The first-order chi connectivity index (χ1) is 15.3. The zero-order valence-electron chi connectivity index (χ0n) is 20.2. The van der Waals surface area contributed by atoms with Gasteiger partial charge in [-0.3, -0.25) is 9.59 Å². The summed E-state index contributed by atoms with van der Waals surface area (Å²) in [7, 11) is 0. The largest absolute Gasteiger partial charge is 0.483 e. The molecule has 2 rings (SSSR count). The van der Waals surface area contributed by atoms with Gasteiger partial charge in [-0.25, -0.2) is 0 Å². The van der Waals surface area contributed by atoms with Crippen molar-refractivity contribution in [2.24, 2.45) is 0 Å². The van der Waals surface area contributed by atoms with E-state index in [9.17, 15) is 9.59 Å². The fraction of sp³-hybridized carbons (Fsp3) is 0.538. The third kappa shape index (κ3) is 6.62. The van der Waals surface area contributed by atoms with Crippen molar-refractivity contribution in [3.05, 3.63) is 24.3 Å². The lowest BCUT2D eigenvalue weighted by molar-refractivity contribution is -0.134. The molecule has 0 spiro atoms. The van der Waals surface area contributed by atoms with Crippen LogP contribution in [0.15, 0.2) is 24.3 Å². The second-order valence-electron chi connectivity index (χ2n) is 8.11. The number of fused-ring (bicyclic) bond motifs is 1. The van der Waals surface area contributed by atoms with Crippen LogP contribution in [0.3, 0.4) is 0 Å². The first-order valence-corrected chi connectivity index (χ1v) is 11.6. The molecule has 176 valence electrons. The smallest absolute Gasteiger partial charge is 0.311 e. The van der Waals surface area contributed by atoms with Crippen molar-refractivity contribution in [2.45, 2.75) is 92.3 Å². The Bertz CT molecular complexity index is 920. The van der Waals surface area contributed by atoms with Crippen LogP contribution in [-0.2, 0) is 9.59 Å². The summed E-state index contributed by atoms with van der Waals surface area (Å²) in [5.41, 5.74) is 0. The van der Waals surface area contributed by atoms with Gasteiger partial charge in [-0.05, 0) is 33.1 Å². The van der Waals surface area contributed by atoms with Crippen LogP contribution in [-0.4, -0.2) is 24.1 Å². The Kier molecular flexibility index (Phi) is 9.82. The van der Waals surface area contributed by atoms with Gasteiger partial charge in [0, 0.05) is 24.1 Å². The summed E-state index contributed by atoms with van der Waals surface area (Å²) in [6.45, 7) is 11.3. The molecule has 6 nitrogen and oxygen atoms in total. The lowest BCUT2D eigenvalue weighted by Gasteiger charge is -2.25. The zero-order chi connectivity index (χ0) is 23.7. The van der Waals surface area contributed by atoms with Crippen molar-refractivity contribution in [3.8, 4) is 23.0 Å². The minimum absolute atomic E-state index is 0.154. The number of rotatable bonds is 12. The molecule has 0 saturated carbocycles. The van der Waals surface area contributed by atoms with E-state index in [1.54, 1.807) is 0 Å². The lowest BCUT2D eigenvalue weighted by atomic mass is 10.1. The Balaban J connectivity index is 2.82. The zero-order valence-corrected chi connectivity index (χ0v) is 20.2. The first-order valence-electron chi connectivity index (χ1n) is 11.6. The number of ether oxygens (including phenoxy) is 4. The molecule has 0 bridgehead atoms. The van der Waals surface area contributed by atoms with Crippen molar-refractivity contribution in [1.82, 2.24) is 0 Å². The van der Waals surface area contributed by atoms with Crippen LogP contribution in [0.4, 0.5) is 0 Å². The lowest BCUT2D eigenvalue weighted by Crippen LogP contribution is -2.18. The molecular formula is C26H36O6. The van der Waals surface area contributed by atoms with Crippen molar-refractivity contribution < 1.29 is 28.5 Å². The van der Waals surface area contributed by atoms with E-state index in [-0.39, 0.29) is 30.3 Å². The Hall–Kier alpha value is -2.76. The monoisotopic (exact) mass is 444 g/mol. The van der Waals surface area contributed by atoms with Gasteiger partial charge in [0.25, 0.3) is 0 Å². The maximum absolute atomic E-state index is 12.5. The molecular weight excluding hydrogens is 408 g/mol. The number of hydrogen-bond donors (Lipinski definition) is 0. The van der Waals surface area contributed by atoms with Gasteiger partial charge in [-0.15, -0.1) is 0 Å². The maximum atomic E-state index is 12.5. The van der Waals surface area contributed by atoms with Gasteiger partial charge >= 0.3 is 11.9 Å². The van der Waals surface area contributed by atoms with Gasteiger partial charge in [0.2, 0.25) is 11.5 Å². The highest BCUT2D eigenvalue weighted by atomic mass is 16.6. The van der Waals surface area contributed by atoms with E-state index in [2.05, 4.69) is 13.8 Å². The highest BCUT2D eigenvalue weighted by molar-refractivity contribution is 6.01. The normalized spacial score (nSPS) is 12.8. The van der Waals surface area contributed by atoms with Crippen molar-refractivity contribution in [3.63, 3.8) is 0 Å². The fourth-order valence-corrected chi connectivity index (χ4v) is 3.59. The number of carbonyl (C=O) groups is 2. The molecule has 2 atom stereocenters. The summed E-state index contributed by atoms with van der Waals surface area (Å²) >= 11 is 0. The van der Waals surface area contributed by atoms with Crippen LogP contribution in [0.5, 0.6) is 23.0 Å². The predicted octanol–water partition coefficient (Wildman–Crippen LogP) is 6.61. The molecule has 0 radical (unpaired) electrons. The molecule has 2 aromatic carbocycles. The molecule has 0 amide bonds. The number of benzene rings is 2. The van der Waals surface area contributed by atoms with Crippen molar-refractivity contribution in [1.29, 1.82) is 0 Å². The Labute approximate surface area is 191 Å². The first kappa shape index (κ1) is 25.5. The molecule has 32 heavy (non-hydrogen) atoms. The van der Waals surface area contributed by atoms with E-state index in [0.717, 1.165) is 25.7 Å². The summed E-state index contributed by atoms with van der Waals surface area (Å²) in [4.78, 5) is 24.5. The van der Waals surface area contributed by atoms with Gasteiger partial charge in [-0.2, -0.15) is 0 Å². The molecule has 0 aliphatic heterocycles. The maximum Gasteiger partial charge on any atom is 0.311 e. The Morgan fingerprint density at radius 2 is 1.22 bits per heavy atom. The van der Waals surface area contributed by atoms with Crippen LogP contribution in [0, 0.1) is 0 Å². The molecule has 0 fully saturated rings. The van der Waals surface area contributed by atoms with E-state index in [0.29, 0.717) is 34.4 Å². The third-order valence-corrected chi connectivity index (χ3v) is 4.98. The average Bonchev–Trinajstić information content (AvgIpc) is 2.73. The molecule has 2 unspecified atom stereocenters. The van der Waals surface area contributed by atoms with Gasteiger partial charge in [0.15, 0.2) is 11.5 Å². The van der Waals surface area contributed by atoms with Gasteiger partial charge in [0.1, 0.15) is 0 Å². The summed E-state index contributed by atoms with van der Waals surface area (Å²) < 4.78 is 24.1. The number of hydrogen-bond acceptors (Lipinski definition) is 6. The number of esters is 2. The molecule has 0 N–H and O–H groups in total. The Morgan fingerprint density at radius 1 is 0.750 bits per heavy atom.